The number of nitrogens with zero attached hydrogens (tertiary/aromatic N) is 4. The summed E-state index contributed by atoms with van der Waals surface area (Å²) in [7, 11) is 0. The zero-order valence-electron chi connectivity index (χ0n) is 11.8. The van der Waals surface area contributed by atoms with Crippen LogP contribution in [0.4, 0.5) is 0 Å². The molecule has 1 N–H and O–H groups in total. The van der Waals surface area contributed by atoms with E-state index in [0.717, 1.165) is 44.1 Å². The van der Waals surface area contributed by atoms with Crippen LogP contribution in [0.15, 0.2) is 28.8 Å². The normalized spacial score (nSPS) is 27.9. The van der Waals surface area contributed by atoms with Crippen LogP contribution in [0.2, 0.25) is 0 Å². The molecule has 4 heterocycles. The van der Waals surface area contributed by atoms with E-state index in [-0.39, 0.29) is 11.8 Å². The van der Waals surface area contributed by atoms with Crippen LogP contribution in [0.1, 0.15) is 23.3 Å². The molecule has 3 aliphatic rings. The van der Waals surface area contributed by atoms with Gasteiger partial charge in [-0.15, -0.1) is 0 Å². The number of piperazine rings is 3. The Balaban J connectivity index is 1.51. The van der Waals surface area contributed by atoms with Crippen molar-refractivity contribution >= 4 is 0 Å². The van der Waals surface area contributed by atoms with E-state index in [0.29, 0.717) is 12.3 Å². The van der Waals surface area contributed by atoms with Crippen molar-refractivity contribution in [3.05, 3.63) is 41.5 Å². The first-order chi connectivity index (χ1) is 10.3. The van der Waals surface area contributed by atoms with E-state index < -0.39 is 0 Å². The minimum Gasteiger partial charge on any atom is -0.508 e. The van der Waals surface area contributed by atoms with Crippen molar-refractivity contribution in [2.24, 2.45) is 0 Å². The van der Waals surface area contributed by atoms with Crippen LogP contribution in [0.3, 0.4) is 0 Å². The Morgan fingerprint density at radius 2 is 2.10 bits per heavy atom. The summed E-state index contributed by atoms with van der Waals surface area (Å²) in [5.41, 5.74) is 0.972. The lowest BCUT2D eigenvalue weighted by Crippen LogP contribution is -2.57. The van der Waals surface area contributed by atoms with Gasteiger partial charge in [0.2, 0.25) is 5.89 Å². The van der Waals surface area contributed by atoms with Crippen LogP contribution in [0, 0.1) is 0 Å². The fourth-order valence-corrected chi connectivity index (χ4v) is 3.18. The van der Waals surface area contributed by atoms with Crippen molar-refractivity contribution < 1.29 is 9.63 Å². The average Bonchev–Trinajstić information content (AvgIpc) is 2.97. The molecule has 21 heavy (non-hydrogen) atoms. The Kier molecular flexibility index (Phi) is 3.12. The molecule has 1 unspecified atom stereocenters. The van der Waals surface area contributed by atoms with E-state index in [1.165, 1.54) is 0 Å². The monoisotopic (exact) mass is 286 g/mol. The highest BCUT2D eigenvalue weighted by Gasteiger charge is 2.35. The SMILES string of the molecule is Oc1cccc(Cc2nc(C3CN4CCN3CC4)no2)c1. The van der Waals surface area contributed by atoms with Crippen molar-refractivity contribution in [3.63, 3.8) is 0 Å². The van der Waals surface area contributed by atoms with Crippen LogP contribution in [0.25, 0.3) is 0 Å². The highest BCUT2D eigenvalue weighted by Crippen LogP contribution is 2.27. The molecule has 6 heteroatoms. The van der Waals surface area contributed by atoms with Gasteiger partial charge in [0.05, 0.1) is 12.5 Å². The van der Waals surface area contributed by atoms with Gasteiger partial charge in [0, 0.05) is 32.7 Å². The number of fused-ring (bicyclic) bond motifs is 3. The fraction of sp³-hybridized carbons (Fsp3) is 0.467. The number of hydrogen-bond donors (Lipinski definition) is 1. The maximum atomic E-state index is 9.49. The Bertz CT molecular complexity index is 634. The average molecular weight is 286 g/mol. The second kappa shape index (κ2) is 5.13. The van der Waals surface area contributed by atoms with Gasteiger partial charge in [-0.2, -0.15) is 4.98 Å². The highest BCUT2D eigenvalue weighted by atomic mass is 16.5. The lowest BCUT2D eigenvalue weighted by Gasteiger charge is -2.46. The van der Waals surface area contributed by atoms with Gasteiger partial charge in [-0.05, 0) is 17.7 Å². The molecule has 0 spiro atoms. The molecular weight excluding hydrogens is 268 g/mol. The smallest absolute Gasteiger partial charge is 0.231 e. The van der Waals surface area contributed by atoms with Gasteiger partial charge in [-0.25, -0.2) is 0 Å². The van der Waals surface area contributed by atoms with Crippen LogP contribution < -0.4 is 0 Å². The lowest BCUT2D eigenvalue weighted by molar-refractivity contribution is 0.00781. The van der Waals surface area contributed by atoms with Gasteiger partial charge >= 0.3 is 0 Å². The first kappa shape index (κ1) is 12.8. The van der Waals surface area contributed by atoms with Crippen LogP contribution in [0.5, 0.6) is 5.75 Å². The molecule has 5 rings (SSSR count). The molecule has 1 atom stereocenters. The quantitative estimate of drug-likeness (QED) is 0.909. The Morgan fingerprint density at radius 1 is 1.24 bits per heavy atom. The highest BCUT2D eigenvalue weighted by molar-refractivity contribution is 5.28. The van der Waals surface area contributed by atoms with Gasteiger partial charge < -0.3 is 9.63 Å². The van der Waals surface area contributed by atoms with E-state index >= 15 is 0 Å². The third kappa shape index (κ3) is 2.52. The molecule has 2 bridgehead atoms. The van der Waals surface area contributed by atoms with Crippen molar-refractivity contribution in [2.75, 3.05) is 32.7 Å². The fourth-order valence-electron chi connectivity index (χ4n) is 3.18. The summed E-state index contributed by atoms with van der Waals surface area (Å²) >= 11 is 0. The zero-order chi connectivity index (χ0) is 14.2. The zero-order valence-corrected chi connectivity index (χ0v) is 11.8. The summed E-state index contributed by atoms with van der Waals surface area (Å²) in [4.78, 5) is 9.44. The van der Waals surface area contributed by atoms with Gasteiger partial charge in [-0.3, -0.25) is 9.80 Å². The van der Waals surface area contributed by atoms with Crippen molar-refractivity contribution in [3.8, 4) is 5.75 Å². The largest absolute Gasteiger partial charge is 0.508 e. The second-order valence-electron chi connectivity index (χ2n) is 5.75. The van der Waals surface area contributed by atoms with Crippen molar-refractivity contribution in [2.45, 2.75) is 12.5 Å². The summed E-state index contributed by atoms with van der Waals surface area (Å²) in [5, 5.41) is 13.7. The molecule has 6 nitrogen and oxygen atoms in total. The molecule has 1 aromatic heterocycles. The van der Waals surface area contributed by atoms with Crippen molar-refractivity contribution in [1.82, 2.24) is 19.9 Å². The third-order valence-electron chi connectivity index (χ3n) is 4.33. The maximum Gasteiger partial charge on any atom is 0.231 e. The molecule has 1 aromatic carbocycles. The second-order valence-corrected chi connectivity index (χ2v) is 5.75. The number of benzene rings is 1. The molecule has 2 aromatic rings. The van der Waals surface area contributed by atoms with E-state index in [1.807, 2.05) is 12.1 Å². The molecular formula is C15H18N4O2. The molecule has 0 aliphatic carbocycles. The Morgan fingerprint density at radius 3 is 2.81 bits per heavy atom. The lowest BCUT2D eigenvalue weighted by atomic mass is 10.1. The molecule has 3 fully saturated rings. The van der Waals surface area contributed by atoms with Gasteiger partial charge in [0.25, 0.3) is 0 Å². The molecule has 3 saturated heterocycles. The topological polar surface area (TPSA) is 65.6 Å². The molecule has 3 aliphatic heterocycles. The van der Waals surface area contributed by atoms with Crippen molar-refractivity contribution in [1.29, 1.82) is 0 Å². The molecule has 110 valence electrons. The Hall–Kier alpha value is -1.92. The standard InChI is InChI=1S/C15H18N4O2/c20-12-3-1-2-11(8-12)9-14-16-15(17-21-14)13-10-18-4-6-19(13)7-5-18/h1-3,8,13,20H,4-7,9-10H2. The van der Waals surface area contributed by atoms with Crippen LogP contribution in [-0.4, -0.2) is 57.8 Å². The number of hydrogen-bond acceptors (Lipinski definition) is 6. The van der Waals surface area contributed by atoms with E-state index in [2.05, 4.69) is 19.9 Å². The van der Waals surface area contributed by atoms with Crippen LogP contribution >= 0.6 is 0 Å². The molecule has 0 saturated carbocycles. The maximum absolute atomic E-state index is 9.49. The minimum atomic E-state index is 0.258. The molecule has 0 amide bonds. The number of aromatic nitrogens is 2. The van der Waals surface area contributed by atoms with Gasteiger partial charge in [0.15, 0.2) is 5.82 Å². The predicted molar refractivity (Wildman–Crippen MR) is 76.0 cm³/mol. The van der Waals surface area contributed by atoms with E-state index in [4.69, 9.17) is 4.52 Å². The number of phenolic OH excluding ortho intramolecular Hbond substituents is 1. The summed E-state index contributed by atoms with van der Waals surface area (Å²) in [6.07, 6.45) is 0.553. The Labute approximate surface area is 123 Å². The minimum absolute atomic E-state index is 0.258. The van der Waals surface area contributed by atoms with E-state index in [1.54, 1.807) is 12.1 Å². The summed E-state index contributed by atoms with van der Waals surface area (Å²) in [5.74, 6) is 1.65. The number of aromatic hydroxyl groups is 1. The summed E-state index contributed by atoms with van der Waals surface area (Å²) in [6.45, 7) is 5.45. The first-order valence-electron chi connectivity index (χ1n) is 7.35. The van der Waals surface area contributed by atoms with Gasteiger partial charge in [-0.1, -0.05) is 17.3 Å². The third-order valence-corrected chi connectivity index (χ3v) is 4.33. The van der Waals surface area contributed by atoms with Crippen LogP contribution in [-0.2, 0) is 6.42 Å². The van der Waals surface area contributed by atoms with E-state index in [9.17, 15) is 5.11 Å². The molecule has 0 radical (unpaired) electrons. The predicted octanol–water partition coefficient (Wildman–Crippen LogP) is 1.04. The summed E-state index contributed by atoms with van der Waals surface area (Å²) in [6, 6.07) is 7.40. The van der Waals surface area contributed by atoms with Gasteiger partial charge in [0.1, 0.15) is 5.75 Å². The summed E-state index contributed by atoms with van der Waals surface area (Å²) < 4.78 is 5.38. The number of phenols is 1. The first-order valence-corrected chi connectivity index (χ1v) is 7.35. The number of rotatable bonds is 3.